The lowest BCUT2D eigenvalue weighted by Crippen LogP contribution is -2.51. The predicted molar refractivity (Wildman–Crippen MR) is 147 cm³/mol. The molecular formula is C28H32ClN3O4S. The van der Waals surface area contributed by atoms with E-state index in [4.69, 9.17) is 11.6 Å². The van der Waals surface area contributed by atoms with Crippen LogP contribution in [0.15, 0.2) is 77.7 Å². The number of amides is 2. The largest absolute Gasteiger partial charge is 0.355 e. The van der Waals surface area contributed by atoms with E-state index in [9.17, 15) is 18.0 Å². The number of halogens is 1. The first-order valence-electron chi connectivity index (χ1n) is 12.0. The quantitative estimate of drug-likeness (QED) is 0.403. The van der Waals surface area contributed by atoms with E-state index in [-0.39, 0.29) is 17.3 Å². The number of hydrogen-bond acceptors (Lipinski definition) is 4. The van der Waals surface area contributed by atoms with Crippen molar-refractivity contribution in [3.8, 4) is 0 Å². The normalized spacial score (nSPS) is 12.0. The third-order valence-electron chi connectivity index (χ3n) is 6.03. The van der Waals surface area contributed by atoms with Crippen LogP contribution in [0.4, 0.5) is 5.69 Å². The maximum Gasteiger partial charge on any atom is 0.264 e. The Morgan fingerprint density at radius 1 is 0.919 bits per heavy atom. The second-order valence-corrected chi connectivity index (χ2v) is 11.1. The van der Waals surface area contributed by atoms with Gasteiger partial charge in [-0.2, -0.15) is 0 Å². The van der Waals surface area contributed by atoms with E-state index >= 15 is 0 Å². The van der Waals surface area contributed by atoms with Crippen LogP contribution < -0.4 is 9.62 Å². The molecule has 196 valence electrons. The van der Waals surface area contributed by atoms with Gasteiger partial charge < -0.3 is 10.2 Å². The summed E-state index contributed by atoms with van der Waals surface area (Å²) in [5, 5.41) is 3.19. The maximum atomic E-state index is 13.8. The maximum absolute atomic E-state index is 13.8. The van der Waals surface area contributed by atoms with Crippen molar-refractivity contribution < 1.29 is 18.0 Å². The van der Waals surface area contributed by atoms with E-state index < -0.39 is 28.5 Å². The molecule has 1 N–H and O–H groups in total. The minimum atomic E-state index is -4.09. The van der Waals surface area contributed by atoms with Crippen LogP contribution in [0.2, 0.25) is 5.02 Å². The molecule has 0 aliphatic carbocycles. The summed E-state index contributed by atoms with van der Waals surface area (Å²) >= 11 is 6.36. The lowest BCUT2D eigenvalue weighted by Gasteiger charge is -2.32. The molecule has 0 heterocycles. The Balaban J connectivity index is 2.03. The molecule has 3 rings (SSSR count). The summed E-state index contributed by atoms with van der Waals surface area (Å²) in [6, 6.07) is 19.6. The van der Waals surface area contributed by atoms with Gasteiger partial charge >= 0.3 is 0 Å². The molecule has 0 aliphatic rings. The van der Waals surface area contributed by atoms with Crippen molar-refractivity contribution >= 4 is 39.1 Å². The van der Waals surface area contributed by atoms with Gasteiger partial charge in [0.25, 0.3) is 10.0 Å². The molecule has 37 heavy (non-hydrogen) atoms. The second-order valence-electron chi connectivity index (χ2n) is 8.84. The fourth-order valence-electron chi connectivity index (χ4n) is 3.79. The topological polar surface area (TPSA) is 86.8 Å². The highest BCUT2D eigenvalue weighted by Crippen LogP contribution is 2.26. The number of carbonyl (C=O) groups is 2. The fraction of sp³-hybridized carbons (Fsp3) is 0.286. The Morgan fingerprint density at radius 3 is 2.05 bits per heavy atom. The van der Waals surface area contributed by atoms with E-state index in [0.29, 0.717) is 22.8 Å². The average molecular weight is 542 g/mol. The molecule has 0 spiro atoms. The van der Waals surface area contributed by atoms with Gasteiger partial charge in [-0.15, -0.1) is 0 Å². The second kappa shape index (κ2) is 12.3. The number of benzene rings is 3. The van der Waals surface area contributed by atoms with Crippen molar-refractivity contribution in [2.24, 2.45) is 0 Å². The predicted octanol–water partition coefficient (Wildman–Crippen LogP) is 4.71. The van der Waals surface area contributed by atoms with E-state index in [1.807, 2.05) is 13.8 Å². The van der Waals surface area contributed by atoms with Crippen molar-refractivity contribution in [3.63, 3.8) is 0 Å². The van der Waals surface area contributed by atoms with Gasteiger partial charge in [0, 0.05) is 18.1 Å². The van der Waals surface area contributed by atoms with E-state index in [1.165, 1.54) is 17.0 Å². The molecule has 0 aromatic heterocycles. The summed E-state index contributed by atoms with van der Waals surface area (Å²) in [6.45, 7) is 7.12. The first kappa shape index (κ1) is 28.2. The lowest BCUT2D eigenvalue weighted by atomic mass is 10.1. The Bertz CT molecular complexity index is 1340. The van der Waals surface area contributed by atoms with Gasteiger partial charge in [0.1, 0.15) is 12.6 Å². The van der Waals surface area contributed by atoms with Crippen LogP contribution in [0.3, 0.4) is 0 Å². The average Bonchev–Trinajstić information content (AvgIpc) is 2.87. The van der Waals surface area contributed by atoms with Gasteiger partial charge in [-0.3, -0.25) is 13.9 Å². The highest BCUT2D eigenvalue weighted by atomic mass is 35.5. The van der Waals surface area contributed by atoms with Gasteiger partial charge in [0.2, 0.25) is 11.8 Å². The van der Waals surface area contributed by atoms with Crippen LogP contribution in [0, 0.1) is 13.8 Å². The number of likely N-dealkylation sites (N-methyl/N-ethyl adjacent to an activating group) is 1. The Labute approximate surface area is 224 Å². The number of carbonyl (C=O) groups excluding carboxylic acids is 2. The SMILES string of the molecule is CCNC(=O)[C@@H](C)N(Cc1ccccc1Cl)C(=O)CN(c1ccc(C)cc1)S(=O)(=O)c1ccc(C)cc1. The number of nitrogens with zero attached hydrogens (tertiary/aromatic N) is 2. The molecule has 0 aliphatic heterocycles. The van der Waals surface area contributed by atoms with Crippen molar-refractivity contribution in [3.05, 3.63) is 94.5 Å². The van der Waals surface area contributed by atoms with Crippen LogP contribution in [0.25, 0.3) is 0 Å². The van der Waals surface area contributed by atoms with Crippen LogP contribution in [-0.4, -0.2) is 44.3 Å². The molecule has 0 saturated heterocycles. The number of rotatable bonds is 10. The first-order valence-corrected chi connectivity index (χ1v) is 13.8. The summed E-state index contributed by atoms with van der Waals surface area (Å²) < 4.78 is 28.6. The van der Waals surface area contributed by atoms with E-state index in [1.54, 1.807) is 74.5 Å². The number of hydrogen-bond donors (Lipinski definition) is 1. The molecule has 1 atom stereocenters. The van der Waals surface area contributed by atoms with Gasteiger partial charge in [-0.1, -0.05) is 65.2 Å². The van der Waals surface area contributed by atoms with Crippen molar-refractivity contribution in [1.82, 2.24) is 10.2 Å². The zero-order valence-corrected chi connectivity index (χ0v) is 23.0. The number of nitrogens with one attached hydrogen (secondary N) is 1. The molecule has 0 radical (unpaired) electrons. The highest BCUT2D eigenvalue weighted by Gasteiger charge is 2.32. The number of sulfonamides is 1. The van der Waals surface area contributed by atoms with Crippen molar-refractivity contribution in [2.45, 2.75) is 45.2 Å². The van der Waals surface area contributed by atoms with Crippen molar-refractivity contribution in [1.29, 1.82) is 0 Å². The van der Waals surface area contributed by atoms with Gasteiger partial charge in [-0.05, 0) is 63.6 Å². The molecule has 7 nitrogen and oxygen atoms in total. The number of aryl methyl sites for hydroxylation is 2. The summed E-state index contributed by atoms with van der Waals surface area (Å²) in [4.78, 5) is 28.0. The van der Waals surface area contributed by atoms with Gasteiger partial charge in [-0.25, -0.2) is 8.42 Å². The number of anilines is 1. The Morgan fingerprint density at radius 2 is 1.49 bits per heavy atom. The molecule has 3 aromatic carbocycles. The van der Waals surface area contributed by atoms with Gasteiger partial charge in [0.05, 0.1) is 10.6 Å². The lowest BCUT2D eigenvalue weighted by molar-refractivity contribution is -0.139. The summed E-state index contributed by atoms with van der Waals surface area (Å²) in [5.74, 6) is -0.874. The zero-order chi connectivity index (χ0) is 27.2. The van der Waals surface area contributed by atoms with Crippen LogP contribution >= 0.6 is 11.6 Å². The Kier molecular flexibility index (Phi) is 9.34. The van der Waals surface area contributed by atoms with Crippen molar-refractivity contribution in [2.75, 3.05) is 17.4 Å². The highest BCUT2D eigenvalue weighted by molar-refractivity contribution is 7.92. The molecule has 3 aromatic rings. The zero-order valence-electron chi connectivity index (χ0n) is 21.4. The smallest absolute Gasteiger partial charge is 0.264 e. The molecule has 0 saturated carbocycles. The fourth-order valence-corrected chi connectivity index (χ4v) is 5.40. The molecule has 0 bridgehead atoms. The summed E-state index contributed by atoms with van der Waals surface area (Å²) in [5.41, 5.74) is 2.87. The molecular weight excluding hydrogens is 510 g/mol. The minimum Gasteiger partial charge on any atom is -0.355 e. The first-order chi connectivity index (χ1) is 17.5. The molecule has 0 fully saturated rings. The molecule has 9 heteroatoms. The molecule has 2 amide bonds. The third-order valence-corrected chi connectivity index (χ3v) is 8.18. The van der Waals surface area contributed by atoms with Crippen LogP contribution in [-0.2, 0) is 26.2 Å². The van der Waals surface area contributed by atoms with E-state index in [0.717, 1.165) is 15.4 Å². The standard InChI is InChI=1S/C28H32ClN3O4S/c1-5-30-28(34)22(4)31(18-23-8-6-7-9-26(23)29)27(33)19-32(24-14-10-20(2)11-15-24)37(35,36)25-16-12-21(3)13-17-25/h6-17,22H,5,18-19H2,1-4H3,(H,30,34)/t22-/m1/s1. The van der Waals surface area contributed by atoms with E-state index in [2.05, 4.69) is 5.32 Å². The summed E-state index contributed by atoms with van der Waals surface area (Å²) in [7, 11) is -4.09. The Hall–Kier alpha value is -3.36. The monoisotopic (exact) mass is 541 g/mol. The van der Waals surface area contributed by atoms with Gasteiger partial charge in [0.15, 0.2) is 0 Å². The minimum absolute atomic E-state index is 0.0448. The van der Waals surface area contributed by atoms with Crippen LogP contribution in [0.5, 0.6) is 0 Å². The third kappa shape index (κ3) is 6.90. The molecule has 0 unspecified atom stereocenters. The van der Waals surface area contributed by atoms with Crippen LogP contribution in [0.1, 0.15) is 30.5 Å². The summed E-state index contributed by atoms with van der Waals surface area (Å²) in [6.07, 6.45) is 0.